The summed E-state index contributed by atoms with van der Waals surface area (Å²) in [4.78, 5) is 5.02. The number of benzene rings is 2. The summed E-state index contributed by atoms with van der Waals surface area (Å²) in [5.74, 6) is 0. The Morgan fingerprint density at radius 3 is 2.12 bits per heavy atom. The molecule has 0 atom stereocenters. The van der Waals surface area contributed by atoms with E-state index in [1.54, 1.807) is 0 Å². The molecule has 1 saturated carbocycles. The van der Waals surface area contributed by atoms with Crippen LogP contribution in [0.4, 0.5) is 0 Å². The van der Waals surface area contributed by atoms with Crippen LogP contribution < -0.4 is 5.32 Å². The molecule has 0 bridgehead atoms. The molecule has 1 aliphatic carbocycles. The molecule has 1 saturated heterocycles. The van der Waals surface area contributed by atoms with E-state index in [2.05, 4.69) is 89.9 Å². The van der Waals surface area contributed by atoms with Gasteiger partial charge in [-0.25, -0.2) is 0 Å². The van der Waals surface area contributed by atoms with Crippen LogP contribution in [0.25, 0.3) is 0 Å². The molecule has 0 radical (unpaired) electrons. The number of rotatable bonds is 4. The summed E-state index contributed by atoms with van der Waals surface area (Å²) in [5, 5.41) is 3.88. The molecule has 1 heterocycles. The highest BCUT2D eigenvalue weighted by molar-refractivity contribution is 5.26. The van der Waals surface area contributed by atoms with E-state index in [0.29, 0.717) is 5.54 Å². The van der Waals surface area contributed by atoms with Gasteiger partial charge in [-0.1, -0.05) is 60.7 Å². The highest BCUT2D eigenvalue weighted by atomic mass is 15.3. The SMILES string of the molecule is CN(C)C1(c2ccccc2)CCC2(CC1)CN(Cc1ccccc1)CN2. The summed E-state index contributed by atoms with van der Waals surface area (Å²) in [5.41, 5.74) is 3.36. The third kappa shape index (κ3) is 3.32. The minimum absolute atomic E-state index is 0.182. The predicted octanol–water partition coefficient (Wildman–Crippen LogP) is 3.82. The standard InChI is InChI=1S/C23H31N3/c1-25(2)23(21-11-7-4-8-12-21)15-13-22(14-16-23)18-26(19-24-22)17-20-9-5-3-6-10-20/h3-12,24H,13-19H2,1-2H3. The first kappa shape index (κ1) is 17.7. The molecule has 3 nitrogen and oxygen atoms in total. The minimum atomic E-state index is 0.182. The fraction of sp³-hybridized carbons (Fsp3) is 0.478. The summed E-state index contributed by atoms with van der Waals surface area (Å²) < 4.78 is 0. The monoisotopic (exact) mass is 349 g/mol. The van der Waals surface area contributed by atoms with Crippen LogP contribution in [0.5, 0.6) is 0 Å². The van der Waals surface area contributed by atoms with Crippen molar-refractivity contribution in [3.63, 3.8) is 0 Å². The topological polar surface area (TPSA) is 18.5 Å². The van der Waals surface area contributed by atoms with E-state index >= 15 is 0 Å². The van der Waals surface area contributed by atoms with Crippen LogP contribution in [0.2, 0.25) is 0 Å². The first-order valence-electron chi connectivity index (χ1n) is 9.86. The summed E-state index contributed by atoms with van der Waals surface area (Å²) in [7, 11) is 4.49. The molecule has 1 spiro atoms. The smallest absolute Gasteiger partial charge is 0.0489 e. The molecule has 138 valence electrons. The van der Waals surface area contributed by atoms with Gasteiger partial charge in [0.05, 0.1) is 0 Å². The first-order valence-corrected chi connectivity index (χ1v) is 9.86. The molecule has 1 aliphatic heterocycles. The Balaban J connectivity index is 1.44. The second kappa shape index (κ2) is 7.15. The Morgan fingerprint density at radius 2 is 1.50 bits per heavy atom. The van der Waals surface area contributed by atoms with Crippen molar-refractivity contribution < 1.29 is 0 Å². The molecule has 3 heteroatoms. The summed E-state index contributed by atoms with van der Waals surface area (Å²) >= 11 is 0. The van der Waals surface area contributed by atoms with Crippen LogP contribution >= 0.6 is 0 Å². The van der Waals surface area contributed by atoms with E-state index < -0.39 is 0 Å². The van der Waals surface area contributed by atoms with Crippen molar-refractivity contribution >= 4 is 0 Å². The van der Waals surface area contributed by atoms with Gasteiger partial charge in [0.2, 0.25) is 0 Å². The van der Waals surface area contributed by atoms with Crippen molar-refractivity contribution in [3.8, 4) is 0 Å². The Kier molecular flexibility index (Phi) is 4.87. The summed E-state index contributed by atoms with van der Waals surface area (Å²) in [6.45, 7) is 3.22. The van der Waals surface area contributed by atoms with Crippen LogP contribution in [0.3, 0.4) is 0 Å². The lowest BCUT2D eigenvalue weighted by molar-refractivity contribution is 0.0616. The van der Waals surface area contributed by atoms with Crippen LogP contribution in [0.15, 0.2) is 60.7 Å². The van der Waals surface area contributed by atoms with E-state index in [1.165, 1.54) is 43.4 Å². The zero-order valence-electron chi connectivity index (χ0n) is 16.1. The molecular formula is C23H31N3. The first-order chi connectivity index (χ1) is 12.6. The highest BCUT2D eigenvalue weighted by Crippen LogP contribution is 2.45. The third-order valence-corrected chi connectivity index (χ3v) is 6.65. The highest BCUT2D eigenvalue weighted by Gasteiger charge is 2.47. The van der Waals surface area contributed by atoms with Crippen LogP contribution in [-0.2, 0) is 12.1 Å². The van der Waals surface area contributed by atoms with E-state index in [1.807, 2.05) is 0 Å². The van der Waals surface area contributed by atoms with Gasteiger partial charge < -0.3 is 0 Å². The van der Waals surface area contributed by atoms with Gasteiger partial charge in [-0.3, -0.25) is 15.1 Å². The largest absolute Gasteiger partial charge is 0.300 e. The molecule has 0 unspecified atom stereocenters. The molecule has 26 heavy (non-hydrogen) atoms. The molecule has 2 aromatic rings. The molecule has 1 N–H and O–H groups in total. The van der Waals surface area contributed by atoms with Crippen LogP contribution in [0, 0.1) is 0 Å². The number of hydrogen-bond acceptors (Lipinski definition) is 3. The van der Waals surface area contributed by atoms with Gasteiger partial charge in [0.15, 0.2) is 0 Å². The number of nitrogens with one attached hydrogen (secondary N) is 1. The van der Waals surface area contributed by atoms with Gasteiger partial charge in [-0.15, -0.1) is 0 Å². The minimum Gasteiger partial charge on any atom is -0.300 e. The van der Waals surface area contributed by atoms with Gasteiger partial charge in [-0.05, 0) is 50.9 Å². The molecule has 4 rings (SSSR count). The van der Waals surface area contributed by atoms with Crippen molar-refractivity contribution in [2.45, 2.75) is 43.3 Å². The van der Waals surface area contributed by atoms with Crippen molar-refractivity contribution in [2.24, 2.45) is 0 Å². The maximum absolute atomic E-state index is 3.88. The quantitative estimate of drug-likeness (QED) is 0.905. The average molecular weight is 350 g/mol. The maximum atomic E-state index is 3.88. The van der Waals surface area contributed by atoms with Gasteiger partial charge in [0.1, 0.15) is 0 Å². The van der Waals surface area contributed by atoms with E-state index in [0.717, 1.165) is 13.2 Å². The maximum Gasteiger partial charge on any atom is 0.0489 e. The number of nitrogens with zero attached hydrogens (tertiary/aromatic N) is 2. The fourth-order valence-electron chi connectivity index (χ4n) is 4.99. The van der Waals surface area contributed by atoms with Gasteiger partial charge in [0, 0.05) is 30.8 Å². The Hall–Kier alpha value is -1.68. The predicted molar refractivity (Wildman–Crippen MR) is 108 cm³/mol. The van der Waals surface area contributed by atoms with Crippen molar-refractivity contribution in [3.05, 3.63) is 71.8 Å². The van der Waals surface area contributed by atoms with Crippen molar-refractivity contribution in [1.29, 1.82) is 0 Å². The fourth-order valence-corrected chi connectivity index (χ4v) is 4.99. The van der Waals surface area contributed by atoms with E-state index in [4.69, 9.17) is 0 Å². The zero-order chi connectivity index (χ0) is 18.0. The Bertz CT molecular complexity index is 703. The average Bonchev–Trinajstić information content (AvgIpc) is 3.06. The number of hydrogen-bond donors (Lipinski definition) is 1. The van der Waals surface area contributed by atoms with Gasteiger partial charge >= 0.3 is 0 Å². The lowest BCUT2D eigenvalue weighted by Gasteiger charge is -2.49. The zero-order valence-corrected chi connectivity index (χ0v) is 16.1. The summed E-state index contributed by atoms with van der Waals surface area (Å²) in [6, 6.07) is 21.9. The molecular weight excluding hydrogens is 318 g/mol. The van der Waals surface area contributed by atoms with E-state index in [-0.39, 0.29) is 5.54 Å². The lowest BCUT2D eigenvalue weighted by Crippen LogP contribution is -2.53. The second-order valence-electron chi connectivity index (χ2n) is 8.38. The van der Waals surface area contributed by atoms with Crippen molar-refractivity contribution in [2.75, 3.05) is 27.3 Å². The molecule has 2 fully saturated rings. The lowest BCUT2D eigenvalue weighted by atomic mass is 9.69. The Morgan fingerprint density at radius 1 is 0.885 bits per heavy atom. The third-order valence-electron chi connectivity index (χ3n) is 6.65. The second-order valence-corrected chi connectivity index (χ2v) is 8.38. The molecule has 2 aliphatic rings. The summed E-state index contributed by atoms with van der Waals surface area (Å²) in [6.07, 6.45) is 4.92. The van der Waals surface area contributed by atoms with Crippen molar-refractivity contribution in [1.82, 2.24) is 15.1 Å². The van der Waals surface area contributed by atoms with Gasteiger partial charge in [-0.2, -0.15) is 0 Å². The van der Waals surface area contributed by atoms with Gasteiger partial charge in [0.25, 0.3) is 0 Å². The van der Waals surface area contributed by atoms with Crippen LogP contribution in [0.1, 0.15) is 36.8 Å². The van der Waals surface area contributed by atoms with Crippen LogP contribution in [-0.4, -0.2) is 42.6 Å². The molecule has 0 aromatic heterocycles. The normalized spacial score (nSPS) is 29.5. The Labute approximate surface area is 158 Å². The molecule has 0 amide bonds. The van der Waals surface area contributed by atoms with E-state index in [9.17, 15) is 0 Å². The molecule has 2 aromatic carbocycles.